The van der Waals surface area contributed by atoms with E-state index in [1.54, 1.807) is 12.4 Å². The molecule has 0 amide bonds. The largest absolute Gasteiger partial charge is 0.369 e. The number of H-pyrrole nitrogens is 1. The molecule has 3 N–H and O–H groups in total. The number of imidazole rings is 1. The fraction of sp³-hybridized carbons (Fsp3) is 0.100. The van der Waals surface area contributed by atoms with E-state index >= 15 is 0 Å². The van der Waals surface area contributed by atoms with Gasteiger partial charge in [-0.1, -0.05) is 35.9 Å². The van der Waals surface area contributed by atoms with Crippen molar-refractivity contribution in [1.29, 1.82) is 0 Å². The lowest BCUT2D eigenvalue weighted by molar-refractivity contribution is 1.33. The maximum absolute atomic E-state index is 5.11. The molecule has 3 nitrogen and oxygen atoms in total. The smallest absolute Gasteiger partial charge is 0.197 e. The quantitative estimate of drug-likeness (QED) is 0.643. The van der Waals surface area contributed by atoms with Crippen LogP contribution in [0.1, 0.15) is 5.56 Å². The predicted octanol–water partition coefficient (Wildman–Crippen LogP) is 1.99. The number of nitrogens with zero attached hydrogens (tertiary/aromatic N) is 1. The molecule has 0 radical (unpaired) electrons. The van der Waals surface area contributed by atoms with Crippen LogP contribution in [0.2, 0.25) is 0 Å². The third-order valence-corrected chi connectivity index (χ3v) is 1.46. The van der Waals surface area contributed by atoms with Gasteiger partial charge in [-0.25, -0.2) is 4.98 Å². The van der Waals surface area contributed by atoms with E-state index in [-0.39, 0.29) is 0 Å². The molecule has 3 heteroatoms. The number of rotatable bonds is 0. The van der Waals surface area contributed by atoms with Crippen molar-refractivity contribution in [1.82, 2.24) is 9.97 Å². The van der Waals surface area contributed by atoms with Gasteiger partial charge in [0.2, 0.25) is 0 Å². The molecule has 2 aromatic rings. The van der Waals surface area contributed by atoms with Crippen LogP contribution >= 0.6 is 0 Å². The van der Waals surface area contributed by atoms with Crippen molar-refractivity contribution in [2.45, 2.75) is 6.92 Å². The standard InChI is InChI=1S/C7H8.C3H5N3/c1-7-5-3-2-4-6-7;4-3-5-1-2-6-3/h2-6H,1H3;1-2H,(H3,4,5,6). The summed E-state index contributed by atoms with van der Waals surface area (Å²) in [6, 6.07) is 10.3. The van der Waals surface area contributed by atoms with Gasteiger partial charge in [-0.2, -0.15) is 0 Å². The van der Waals surface area contributed by atoms with Crippen LogP contribution in [0.4, 0.5) is 5.95 Å². The predicted molar refractivity (Wildman–Crippen MR) is 54.2 cm³/mol. The molecule has 0 unspecified atom stereocenters. The molecule has 0 spiro atoms. The Labute approximate surface area is 77.6 Å². The zero-order valence-corrected chi connectivity index (χ0v) is 7.57. The van der Waals surface area contributed by atoms with Crippen molar-refractivity contribution < 1.29 is 0 Å². The minimum atomic E-state index is 0.468. The molecule has 0 atom stereocenters. The average molecular weight is 175 g/mol. The molecule has 68 valence electrons. The van der Waals surface area contributed by atoms with Crippen molar-refractivity contribution in [3.8, 4) is 0 Å². The van der Waals surface area contributed by atoms with Crippen LogP contribution in [0.5, 0.6) is 0 Å². The van der Waals surface area contributed by atoms with Crippen LogP contribution in [0.3, 0.4) is 0 Å². The number of aromatic amines is 1. The summed E-state index contributed by atoms with van der Waals surface area (Å²) in [7, 11) is 0. The third kappa shape index (κ3) is 3.96. The van der Waals surface area contributed by atoms with Crippen LogP contribution in [0.15, 0.2) is 42.7 Å². The second-order valence-electron chi connectivity index (χ2n) is 2.63. The van der Waals surface area contributed by atoms with Gasteiger partial charge in [0.05, 0.1) is 0 Å². The van der Waals surface area contributed by atoms with E-state index in [9.17, 15) is 0 Å². The van der Waals surface area contributed by atoms with E-state index < -0.39 is 0 Å². The fourth-order valence-electron chi connectivity index (χ4n) is 0.812. The number of hydrogen-bond acceptors (Lipinski definition) is 2. The molecule has 0 aliphatic carbocycles. The molecule has 1 heterocycles. The van der Waals surface area contributed by atoms with Gasteiger partial charge in [-0.05, 0) is 6.92 Å². The first kappa shape index (κ1) is 9.32. The van der Waals surface area contributed by atoms with E-state index in [4.69, 9.17) is 5.73 Å². The molecule has 0 bridgehead atoms. The van der Waals surface area contributed by atoms with Gasteiger partial charge < -0.3 is 10.7 Å². The monoisotopic (exact) mass is 175 g/mol. The van der Waals surface area contributed by atoms with Gasteiger partial charge in [0.1, 0.15) is 0 Å². The zero-order valence-electron chi connectivity index (χ0n) is 7.57. The number of aromatic nitrogens is 2. The van der Waals surface area contributed by atoms with Crippen molar-refractivity contribution in [3.63, 3.8) is 0 Å². The van der Waals surface area contributed by atoms with Crippen LogP contribution in [0.25, 0.3) is 0 Å². The lowest BCUT2D eigenvalue weighted by Gasteiger charge is -1.82. The summed E-state index contributed by atoms with van der Waals surface area (Å²) in [6.45, 7) is 2.08. The van der Waals surface area contributed by atoms with Crippen molar-refractivity contribution in [2.24, 2.45) is 0 Å². The maximum atomic E-state index is 5.11. The Hall–Kier alpha value is -1.77. The lowest BCUT2D eigenvalue weighted by atomic mass is 10.2. The fourth-order valence-corrected chi connectivity index (χ4v) is 0.812. The summed E-state index contributed by atoms with van der Waals surface area (Å²) in [4.78, 5) is 6.31. The van der Waals surface area contributed by atoms with Crippen molar-refractivity contribution in [3.05, 3.63) is 48.3 Å². The number of anilines is 1. The lowest BCUT2D eigenvalue weighted by Crippen LogP contribution is -1.83. The molecule has 0 fully saturated rings. The van der Waals surface area contributed by atoms with E-state index in [2.05, 4.69) is 29.0 Å². The number of hydrogen-bond donors (Lipinski definition) is 2. The van der Waals surface area contributed by atoms with Crippen molar-refractivity contribution >= 4 is 5.95 Å². The summed E-state index contributed by atoms with van der Waals surface area (Å²) in [5.74, 6) is 0.468. The molecule has 0 saturated carbocycles. The number of aryl methyl sites for hydroxylation is 1. The number of nitrogens with one attached hydrogen (secondary N) is 1. The van der Waals surface area contributed by atoms with Crippen LogP contribution < -0.4 is 5.73 Å². The first-order valence-corrected chi connectivity index (χ1v) is 4.05. The van der Waals surface area contributed by atoms with Crippen LogP contribution in [-0.4, -0.2) is 9.97 Å². The summed E-state index contributed by atoms with van der Waals surface area (Å²) in [5, 5.41) is 0. The average Bonchev–Trinajstić information content (AvgIpc) is 2.58. The maximum Gasteiger partial charge on any atom is 0.197 e. The number of nitrogen functional groups attached to an aromatic ring is 1. The second-order valence-corrected chi connectivity index (χ2v) is 2.63. The van der Waals surface area contributed by atoms with E-state index in [1.807, 2.05) is 18.2 Å². The molecule has 0 aliphatic rings. The number of benzene rings is 1. The van der Waals surface area contributed by atoms with Crippen LogP contribution in [0, 0.1) is 6.92 Å². The summed E-state index contributed by atoms with van der Waals surface area (Å²) < 4.78 is 0. The molecule has 2 rings (SSSR count). The first-order valence-electron chi connectivity index (χ1n) is 4.05. The SMILES string of the molecule is Cc1ccccc1.Nc1ncc[nH]1. The second kappa shape index (κ2) is 4.98. The minimum Gasteiger partial charge on any atom is -0.369 e. The van der Waals surface area contributed by atoms with Gasteiger partial charge in [-0.3, -0.25) is 0 Å². The summed E-state index contributed by atoms with van der Waals surface area (Å²) in [5.41, 5.74) is 6.43. The van der Waals surface area contributed by atoms with Gasteiger partial charge in [-0.15, -0.1) is 0 Å². The molecular weight excluding hydrogens is 162 g/mol. The summed E-state index contributed by atoms with van der Waals surface area (Å²) in [6.07, 6.45) is 3.28. The van der Waals surface area contributed by atoms with E-state index in [0.717, 1.165) is 0 Å². The van der Waals surface area contributed by atoms with Gasteiger partial charge in [0.25, 0.3) is 0 Å². The Balaban J connectivity index is 0.000000132. The Morgan fingerprint density at radius 2 is 1.92 bits per heavy atom. The highest BCUT2D eigenvalue weighted by Gasteiger charge is 1.74. The van der Waals surface area contributed by atoms with Crippen LogP contribution in [-0.2, 0) is 0 Å². The first-order chi connectivity index (χ1) is 6.29. The van der Waals surface area contributed by atoms with Gasteiger partial charge in [0, 0.05) is 12.4 Å². The normalized spacial score (nSPS) is 8.69. The molecule has 1 aromatic heterocycles. The molecule has 0 aliphatic heterocycles. The summed E-state index contributed by atoms with van der Waals surface area (Å²) >= 11 is 0. The molecule has 1 aromatic carbocycles. The Morgan fingerprint density at radius 1 is 1.23 bits per heavy atom. The topological polar surface area (TPSA) is 54.7 Å². The third-order valence-electron chi connectivity index (χ3n) is 1.46. The van der Waals surface area contributed by atoms with E-state index in [0.29, 0.717) is 5.95 Å². The Kier molecular flexibility index (Phi) is 3.57. The Bertz CT molecular complexity index is 313. The number of nitrogens with two attached hydrogens (primary N) is 1. The Morgan fingerprint density at radius 3 is 2.15 bits per heavy atom. The molecule has 13 heavy (non-hydrogen) atoms. The highest BCUT2D eigenvalue weighted by Crippen LogP contribution is 1.92. The highest BCUT2D eigenvalue weighted by molar-refractivity contribution is 5.12. The highest BCUT2D eigenvalue weighted by atomic mass is 15.0. The minimum absolute atomic E-state index is 0.468. The van der Waals surface area contributed by atoms with Gasteiger partial charge >= 0.3 is 0 Å². The molecular formula is C10H13N3. The van der Waals surface area contributed by atoms with Gasteiger partial charge in [0.15, 0.2) is 5.95 Å². The van der Waals surface area contributed by atoms with Crippen molar-refractivity contribution in [2.75, 3.05) is 5.73 Å². The van der Waals surface area contributed by atoms with E-state index in [1.165, 1.54) is 5.56 Å². The zero-order chi connectivity index (χ0) is 9.52. The molecule has 0 saturated heterocycles.